The minimum absolute atomic E-state index is 0.320. The zero-order valence-electron chi connectivity index (χ0n) is 16.0. The highest BCUT2D eigenvalue weighted by molar-refractivity contribution is 5.66. The third-order valence-corrected chi connectivity index (χ3v) is 4.66. The molecule has 1 unspecified atom stereocenters. The van der Waals surface area contributed by atoms with Gasteiger partial charge in [-0.1, -0.05) is 36.4 Å². The quantitative estimate of drug-likeness (QED) is 0.579. The molecule has 0 aliphatic carbocycles. The summed E-state index contributed by atoms with van der Waals surface area (Å²) in [5, 5.41) is 10.1. The van der Waals surface area contributed by atoms with Crippen LogP contribution in [-0.2, 0) is 24.4 Å². The molecule has 0 amide bonds. The highest BCUT2D eigenvalue weighted by Crippen LogP contribution is 2.27. The van der Waals surface area contributed by atoms with E-state index in [1.54, 1.807) is 6.92 Å². The van der Waals surface area contributed by atoms with Gasteiger partial charge in [0, 0.05) is 18.5 Å². The van der Waals surface area contributed by atoms with E-state index in [9.17, 15) is 9.90 Å². The summed E-state index contributed by atoms with van der Waals surface area (Å²) < 4.78 is 5.99. The number of ether oxygens (including phenoxy) is 1. The van der Waals surface area contributed by atoms with Crippen molar-refractivity contribution in [2.45, 2.75) is 32.6 Å². The molecule has 3 aromatic rings. The summed E-state index contributed by atoms with van der Waals surface area (Å²) in [6, 6.07) is 21.6. The van der Waals surface area contributed by atoms with Crippen LogP contribution in [0.25, 0.3) is 11.1 Å². The molecule has 3 N–H and O–H groups in total. The summed E-state index contributed by atoms with van der Waals surface area (Å²) in [7, 11) is 0. The van der Waals surface area contributed by atoms with E-state index in [0.717, 1.165) is 39.7 Å². The summed E-state index contributed by atoms with van der Waals surface area (Å²) in [6.45, 7) is 2.58. The Morgan fingerprint density at radius 2 is 1.79 bits per heavy atom. The van der Waals surface area contributed by atoms with Gasteiger partial charge < -0.3 is 20.4 Å². The van der Waals surface area contributed by atoms with Crippen molar-refractivity contribution >= 4 is 6.29 Å². The lowest BCUT2D eigenvalue weighted by Gasteiger charge is -2.14. The molecule has 0 heterocycles. The van der Waals surface area contributed by atoms with Gasteiger partial charge >= 0.3 is 0 Å². The number of carbonyl (C=O) groups is 1. The summed E-state index contributed by atoms with van der Waals surface area (Å²) in [6.07, 6.45) is 0.610. The third-order valence-electron chi connectivity index (χ3n) is 4.66. The summed E-state index contributed by atoms with van der Waals surface area (Å²) in [4.78, 5) is 10.9. The first-order valence-electron chi connectivity index (χ1n) is 9.36. The zero-order valence-corrected chi connectivity index (χ0v) is 16.0. The molecule has 0 aliphatic heterocycles. The van der Waals surface area contributed by atoms with Crippen LogP contribution in [0.15, 0.2) is 66.7 Å². The summed E-state index contributed by atoms with van der Waals surface area (Å²) in [5.41, 5.74) is 11.5. The van der Waals surface area contributed by atoms with Gasteiger partial charge in [0.1, 0.15) is 18.6 Å². The number of rotatable bonds is 8. The van der Waals surface area contributed by atoms with Gasteiger partial charge in [0.2, 0.25) is 0 Å². The number of hydrogen-bond donors (Lipinski definition) is 2. The number of hydrogen-bond acceptors (Lipinski definition) is 4. The first kappa shape index (κ1) is 19.8. The van der Waals surface area contributed by atoms with Gasteiger partial charge in [-0.15, -0.1) is 0 Å². The number of carbonyl (C=O) groups excluding carboxylic acids is 1. The molecule has 0 spiro atoms. The Kier molecular flexibility index (Phi) is 6.58. The Bertz CT molecular complexity index is 950. The van der Waals surface area contributed by atoms with Crippen molar-refractivity contribution in [2.75, 3.05) is 0 Å². The van der Waals surface area contributed by atoms with Crippen molar-refractivity contribution < 1.29 is 14.6 Å². The Balaban J connectivity index is 1.90. The molecule has 0 radical (unpaired) electrons. The number of aliphatic hydroxyl groups is 1. The van der Waals surface area contributed by atoms with Gasteiger partial charge in [0.05, 0.1) is 6.10 Å². The van der Waals surface area contributed by atoms with E-state index in [1.165, 1.54) is 0 Å². The van der Waals surface area contributed by atoms with Crippen molar-refractivity contribution in [1.82, 2.24) is 0 Å². The number of benzene rings is 3. The monoisotopic (exact) mass is 375 g/mol. The van der Waals surface area contributed by atoms with Crippen molar-refractivity contribution in [3.8, 4) is 16.9 Å². The van der Waals surface area contributed by atoms with Gasteiger partial charge in [-0.2, -0.15) is 0 Å². The summed E-state index contributed by atoms with van der Waals surface area (Å²) >= 11 is 0. The predicted octanol–water partition coefficient (Wildman–Crippen LogP) is 4.19. The van der Waals surface area contributed by atoms with E-state index in [2.05, 4.69) is 12.1 Å². The largest absolute Gasteiger partial charge is 0.489 e. The highest BCUT2D eigenvalue weighted by atomic mass is 16.5. The van der Waals surface area contributed by atoms with E-state index in [1.807, 2.05) is 54.6 Å². The van der Waals surface area contributed by atoms with Crippen molar-refractivity contribution in [3.63, 3.8) is 0 Å². The number of para-hydroxylation sites is 1. The topological polar surface area (TPSA) is 72.5 Å². The Morgan fingerprint density at radius 1 is 1.00 bits per heavy atom. The fourth-order valence-electron chi connectivity index (χ4n) is 3.15. The van der Waals surface area contributed by atoms with Gasteiger partial charge in [-0.3, -0.25) is 0 Å². The molecular weight excluding hydrogens is 350 g/mol. The number of aldehydes is 1. The van der Waals surface area contributed by atoms with Crippen LogP contribution >= 0.6 is 0 Å². The lowest BCUT2D eigenvalue weighted by Crippen LogP contribution is -2.02. The van der Waals surface area contributed by atoms with E-state index < -0.39 is 6.10 Å². The molecule has 0 bridgehead atoms. The Labute approximate surface area is 165 Å². The molecule has 0 aromatic heterocycles. The molecule has 3 rings (SSSR count). The molecule has 0 fully saturated rings. The van der Waals surface area contributed by atoms with Crippen LogP contribution in [-0.4, -0.2) is 11.4 Å². The Morgan fingerprint density at radius 3 is 2.54 bits per heavy atom. The van der Waals surface area contributed by atoms with Crippen LogP contribution in [0, 0.1) is 0 Å². The summed E-state index contributed by atoms with van der Waals surface area (Å²) in [5.74, 6) is 0.698. The molecular formula is C24H25NO3. The average Bonchev–Trinajstić information content (AvgIpc) is 2.73. The van der Waals surface area contributed by atoms with Crippen LogP contribution in [0.3, 0.4) is 0 Å². The molecule has 3 aromatic carbocycles. The third kappa shape index (κ3) is 4.85. The van der Waals surface area contributed by atoms with Gasteiger partial charge in [0.25, 0.3) is 0 Å². The second-order valence-electron chi connectivity index (χ2n) is 6.81. The minimum atomic E-state index is -0.584. The van der Waals surface area contributed by atoms with Gasteiger partial charge in [-0.25, -0.2) is 0 Å². The van der Waals surface area contributed by atoms with Crippen LogP contribution in [0.1, 0.15) is 35.3 Å². The fraction of sp³-hybridized carbons (Fsp3) is 0.208. The van der Waals surface area contributed by atoms with E-state index in [-0.39, 0.29) is 0 Å². The van der Waals surface area contributed by atoms with E-state index >= 15 is 0 Å². The van der Waals surface area contributed by atoms with E-state index in [4.69, 9.17) is 10.5 Å². The SMILES string of the molecule is CC(O)c1cc(COc2ccccc2CC=O)cc(-c2cccc(CN)c2)c1. The molecule has 1 atom stereocenters. The van der Waals surface area contributed by atoms with Crippen LogP contribution in [0.5, 0.6) is 5.75 Å². The molecule has 4 heteroatoms. The van der Waals surface area contributed by atoms with Gasteiger partial charge in [-0.05, 0) is 65.1 Å². The first-order valence-corrected chi connectivity index (χ1v) is 9.36. The maximum Gasteiger partial charge on any atom is 0.124 e. The zero-order chi connectivity index (χ0) is 19.9. The molecule has 0 saturated heterocycles. The molecule has 144 valence electrons. The molecule has 0 aliphatic rings. The lowest BCUT2D eigenvalue weighted by atomic mass is 9.97. The van der Waals surface area contributed by atoms with Crippen LogP contribution < -0.4 is 10.5 Å². The number of aliphatic hydroxyl groups excluding tert-OH is 1. The van der Waals surface area contributed by atoms with Crippen LogP contribution in [0.4, 0.5) is 0 Å². The standard InChI is InChI=1S/C24H25NO3/c1-17(27)22-12-19(16-28-24-8-3-2-6-20(24)9-10-26)13-23(14-22)21-7-4-5-18(11-21)15-25/h2-8,10-14,17,27H,9,15-16,25H2,1H3. The van der Waals surface area contributed by atoms with Crippen molar-refractivity contribution in [3.05, 3.63) is 89.0 Å². The fourth-order valence-corrected chi connectivity index (χ4v) is 3.15. The highest BCUT2D eigenvalue weighted by Gasteiger charge is 2.09. The van der Waals surface area contributed by atoms with Crippen molar-refractivity contribution in [2.24, 2.45) is 5.73 Å². The minimum Gasteiger partial charge on any atom is -0.489 e. The first-order chi connectivity index (χ1) is 13.6. The number of nitrogens with two attached hydrogens (primary N) is 1. The Hall–Kier alpha value is -2.95. The predicted molar refractivity (Wildman–Crippen MR) is 111 cm³/mol. The second-order valence-corrected chi connectivity index (χ2v) is 6.81. The van der Waals surface area contributed by atoms with Gasteiger partial charge in [0.15, 0.2) is 0 Å². The molecule has 0 saturated carbocycles. The second kappa shape index (κ2) is 9.31. The normalized spacial score (nSPS) is 11.8. The average molecular weight is 375 g/mol. The lowest BCUT2D eigenvalue weighted by molar-refractivity contribution is -0.107. The molecule has 28 heavy (non-hydrogen) atoms. The van der Waals surface area contributed by atoms with Crippen LogP contribution in [0.2, 0.25) is 0 Å². The smallest absolute Gasteiger partial charge is 0.124 e. The maximum atomic E-state index is 10.9. The van der Waals surface area contributed by atoms with E-state index in [0.29, 0.717) is 25.3 Å². The molecule has 4 nitrogen and oxygen atoms in total. The maximum absolute atomic E-state index is 10.9. The van der Waals surface area contributed by atoms with Crippen molar-refractivity contribution in [1.29, 1.82) is 0 Å².